The van der Waals surface area contributed by atoms with E-state index in [2.05, 4.69) is 10.2 Å². The molecule has 0 saturated carbocycles. The van der Waals surface area contributed by atoms with Gasteiger partial charge >= 0.3 is 0 Å². The Morgan fingerprint density at radius 1 is 1.12 bits per heavy atom. The molecule has 2 aromatic rings. The van der Waals surface area contributed by atoms with Crippen LogP contribution in [0.2, 0.25) is 0 Å². The van der Waals surface area contributed by atoms with E-state index in [-0.39, 0.29) is 17.3 Å². The molecule has 0 aromatic heterocycles. The van der Waals surface area contributed by atoms with Crippen LogP contribution in [0, 0.1) is 0 Å². The van der Waals surface area contributed by atoms with Gasteiger partial charge in [-0.05, 0) is 44.6 Å². The Morgan fingerprint density at radius 3 is 2.31 bits per heavy atom. The molecule has 1 aliphatic carbocycles. The molecule has 0 saturated heterocycles. The highest BCUT2D eigenvalue weighted by atomic mass is 19.1. The van der Waals surface area contributed by atoms with Crippen LogP contribution in [-0.2, 0) is 6.61 Å². The highest BCUT2D eigenvalue weighted by Crippen LogP contribution is 2.39. The number of hydrogen-bond acceptors (Lipinski definition) is 5. The van der Waals surface area contributed by atoms with E-state index in [1.165, 1.54) is 14.2 Å². The number of carbonyl (C=O) groups excluding carboxylic acids is 1. The molecule has 0 radical (unpaired) electrons. The predicted octanol–water partition coefficient (Wildman–Crippen LogP) is 4.35. The van der Waals surface area contributed by atoms with E-state index in [1.807, 2.05) is 44.4 Å². The van der Waals surface area contributed by atoms with Gasteiger partial charge in [-0.25, -0.2) is 4.39 Å². The molecule has 0 fully saturated rings. The van der Waals surface area contributed by atoms with E-state index in [4.69, 9.17) is 14.2 Å². The van der Waals surface area contributed by atoms with Crippen LogP contribution in [-0.4, -0.2) is 51.2 Å². The van der Waals surface area contributed by atoms with Gasteiger partial charge in [0.2, 0.25) is 5.75 Å². The van der Waals surface area contributed by atoms with Crippen molar-refractivity contribution in [1.29, 1.82) is 0 Å². The normalized spacial score (nSPS) is 18.1. The largest absolute Gasteiger partial charge is 0.493 e. The molecule has 1 aliphatic rings. The zero-order valence-electron chi connectivity index (χ0n) is 19.1. The molecule has 0 heterocycles. The van der Waals surface area contributed by atoms with Gasteiger partial charge in [-0.1, -0.05) is 36.4 Å². The molecule has 1 atom stereocenters. The molecule has 172 valence electrons. The molecular formula is C25H31FN2O4. The molecule has 3 rings (SSSR count). The second kappa shape index (κ2) is 10.5. The first-order valence-corrected chi connectivity index (χ1v) is 10.6. The Labute approximate surface area is 189 Å². The number of halogens is 1. The Balaban J connectivity index is 1.76. The van der Waals surface area contributed by atoms with Crippen LogP contribution in [0.1, 0.15) is 35.2 Å². The number of amides is 1. The van der Waals surface area contributed by atoms with Crippen LogP contribution in [0.15, 0.2) is 54.4 Å². The van der Waals surface area contributed by atoms with Gasteiger partial charge in [0.15, 0.2) is 11.5 Å². The third kappa shape index (κ3) is 5.40. The van der Waals surface area contributed by atoms with Crippen molar-refractivity contribution >= 4 is 5.91 Å². The minimum atomic E-state index is -0.321. The number of carbonyl (C=O) groups is 1. The number of nitrogens with zero attached hydrogens (tertiary/aromatic N) is 1. The number of hydrogen-bond donors (Lipinski definition) is 1. The van der Waals surface area contributed by atoms with Gasteiger partial charge < -0.3 is 24.4 Å². The second-order valence-electron chi connectivity index (χ2n) is 8.14. The lowest BCUT2D eigenvalue weighted by Gasteiger charge is -2.41. The Morgan fingerprint density at radius 2 is 1.78 bits per heavy atom. The van der Waals surface area contributed by atoms with Gasteiger partial charge in [0.25, 0.3) is 5.91 Å². The molecule has 0 spiro atoms. The van der Waals surface area contributed by atoms with Crippen molar-refractivity contribution in [2.24, 2.45) is 0 Å². The fourth-order valence-electron chi connectivity index (χ4n) is 3.81. The Kier molecular flexibility index (Phi) is 7.75. The summed E-state index contributed by atoms with van der Waals surface area (Å²) in [7, 11) is 6.95. The zero-order chi connectivity index (χ0) is 23.1. The van der Waals surface area contributed by atoms with Crippen molar-refractivity contribution in [1.82, 2.24) is 10.2 Å². The molecule has 1 N–H and O–H groups in total. The summed E-state index contributed by atoms with van der Waals surface area (Å²) in [4.78, 5) is 15.0. The van der Waals surface area contributed by atoms with E-state index < -0.39 is 0 Å². The third-order valence-corrected chi connectivity index (χ3v) is 6.01. The molecule has 1 amide bonds. The highest BCUT2D eigenvalue weighted by molar-refractivity contribution is 5.95. The first-order valence-electron chi connectivity index (χ1n) is 10.6. The van der Waals surface area contributed by atoms with Crippen molar-refractivity contribution in [3.8, 4) is 17.2 Å². The standard InChI is InChI=1S/C25H31FN2O4/c1-28(2)25(12-10-20(26)11-13-25)17-27-24(29)19-14-21(30-3)23(22(15-19)31-4)32-16-18-8-6-5-7-9-18/h5-10,14-15H,11-13,16-17H2,1-4H3,(H,27,29). The third-order valence-electron chi connectivity index (χ3n) is 6.01. The van der Waals surface area contributed by atoms with E-state index >= 15 is 0 Å². The number of nitrogens with one attached hydrogen (secondary N) is 1. The second-order valence-corrected chi connectivity index (χ2v) is 8.14. The average molecular weight is 443 g/mol. The summed E-state index contributed by atoms with van der Waals surface area (Å²) in [6.07, 6.45) is 3.18. The smallest absolute Gasteiger partial charge is 0.251 e. The minimum absolute atomic E-state index is 0.0886. The van der Waals surface area contributed by atoms with Gasteiger partial charge in [-0.2, -0.15) is 0 Å². The topological polar surface area (TPSA) is 60.0 Å². The molecular weight excluding hydrogens is 411 g/mol. The summed E-state index contributed by atoms with van der Waals surface area (Å²) < 4.78 is 30.5. The van der Waals surface area contributed by atoms with Gasteiger partial charge in [0, 0.05) is 24.1 Å². The lowest BCUT2D eigenvalue weighted by atomic mass is 9.84. The van der Waals surface area contributed by atoms with Crippen molar-refractivity contribution < 1.29 is 23.4 Å². The fourth-order valence-corrected chi connectivity index (χ4v) is 3.81. The number of rotatable bonds is 9. The summed E-state index contributed by atoms with van der Waals surface area (Å²) in [6.45, 7) is 0.744. The van der Waals surface area contributed by atoms with Crippen LogP contribution in [0.25, 0.3) is 0 Å². The molecule has 1 unspecified atom stereocenters. The summed E-state index contributed by atoms with van der Waals surface area (Å²) >= 11 is 0. The van der Waals surface area contributed by atoms with Crippen LogP contribution in [0.5, 0.6) is 17.2 Å². The van der Waals surface area contributed by atoms with Gasteiger partial charge in [-0.15, -0.1) is 0 Å². The lowest BCUT2D eigenvalue weighted by molar-refractivity contribution is 0.0872. The molecule has 2 aromatic carbocycles. The Hall–Kier alpha value is -3.06. The summed E-state index contributed by atoms with van der Waals surface area (Å²) in [6, 6.07) is 13.0. The van der Waals surface area contributed by atoms with E-state index in [1.54, 1.807) is 18.2 Å². The lowest BCUT2D eigenvalue weighted by Crippen LogP contribution is -2.53. The molecule has 0 bridgehead atoms. The minimum Gasteiger partial charge on any atom is -0.493 e. The number of methoxy groups -OCH3 is 2. The van der Waals surface area contributed by atoms with Gasteiger partial charge in [0.1, 0.15) is 6.61 Å². The Bertz CT molecular complexity index is 937. The SMILES string of the molecule is COc1cc(C(=O)NCC2(N(C)C)CC=C(F)CC2)cc(OC)c1OCc1ccccc1. The maximum Gasteiger partial charge on any atom is 0.251 e. The average Bonchev–Trinajstić information content (AvgIpc) is 2.82. The van der Waals surface area contributed by atoms with Crippen LogP contribution in [0.4, 0.5) is 4.39 Å². The van der Waals surface area contributed by atoms with Crippen molar-refractivity contribution in [3.05, 3.63) is 65.5 Å². The van der Waals surface area contributed by atoms with Gasteiger partial charge in [-0.3, -0.25) is 4.79 Å². The summed E-state index contributed by atoms with van der Waals surface area (Å²) in [5.74, 6) is 0.917. The number of ether oxygens (including phenoxy) is 3. The first kappa shape index (κ1) is 23.6. The monoisotopic (exact) mass is 442 g/mol. The van der Waals surface area contributed by atoms with Crippen LogP contribution in [0.3, 0.4) is 0 Å². The van der Waals surface area contributed by atoms with E-state index in [0.29, 0.717) is 55.2 Å². The van der Waals surface area contributed by atoms with Crippen molar-refractivity contribution in [2.75, 3.05) is 34.9 Å². The first-order chi connectivity index (χ1) is 15.4. The quantitative estimate of drug-likeness (QED) is 0.626. The van der Waals surface area contributed by atoms with Crippen molar-refractivity contribution in [2.45, 2.75) is 31.4 Å². The fraction of sp³-hybridized carbons (Fsp3) is 0.400. The van der Waals surface area contributed by atoms with E-state index in [9.17, 15) is 9.18 Å². The summed E-state index contributed by atoms with van der Waals surface area (Å²) in [5, 5.41) is 3.00. The molecule has 6 nitrogen and oxygen atoms in total. The number of likely N-dealkylation sites (N-methyl/N-ethyl adjacent to an activating group) is 1. The zero-order valence-corrected chi connectivity index (χ0v) is 19.1. The maximum absolute atomic E-state index is 13.5. The van der Waals surface area contributed by atoms with Crippen LogP contribution >= 0.6 is 0 Å². The predicted molar refractivity (Wildman–Crippen MR) is 122 cm³/mol. The van der Waals surface area contributed by atoms with Gasteiger partial charge in [0.05, 0.1) is 20.0 Å². The maximum atomic E-state index is 13.5. The number of allylic oxidation sites excluding steroid dienone is 1. The molecule has 0 aliphatic heterocycles. The molecule has 7 heteroatoms. The van der Waals surface area contributed by atoms with E-state index in [0.717, 1.165) is 5.56 Å². The summed E-state index contributed by atoms with van der Waals surface area (Å²) in [5.41, 5.74) is 1.08. The van der Waals surface area contributed by atoms with Crippen molar-refractivity contribution in [3.63, 3.8) is 0 Å². The molecule has 32 heavy (non-hydrogen) atoms. The van der Waals surface area contributed by atoms with Crippen LogP contribution < -0.4 is 19.5 Å². The number of benzene rings is 2. The highest BCUT2D eigenvalue weighted by Gasteiger charge is 2.35.